The highest BCUT2D eigenvalue weighted by Crippen LogP contribution is 2.45. The number of carbonyl (C=O) groups is 1. The molecule has 1 heterocycles. The number of halogens is 2. The fourth-order valence-electron chi connectivity index (χ4n) is 4.08. The number of aromatic nitrogens is 1. The molecule has 7 heteroatoms. The molecule has 0 spiro atoms. The molecular formula is C25H31Cl2NO4. The predicted octanol–water partition coefficient (Wildman–Crippen LogP) is 6.93. The smallest absolute Gasteiger partial charge is 0.318 e. The molecule has 2 unspecified atom stereocenters. The van der Waals surface area contributed by atoms with Crippen molar-refractivity contribution in [1.29, 1.82) is 0 Å². The van der Waals surface area contributed by atoms with Crippen molar-refractivity contribution in [3.63, 3.8) is 0 Å². The van der Waals surface area contributed by atoms with Gasteiger partial charge in [-0.2, -0.15) is 0 Å². The van der Waals surface area contributed by atoms with E-state index in [-0.39, 0.29) is 22.2 Å². The number of carbonyl (C=O) groups excluding carboxylic acids is 1. The SMILES string of the molecule is CCOc1ccc(Oc2cccc(C(C(=O)OC)(C(C)C)C(C=C(Cl)Cl)C(C)C)n2)cc1. The van der Waals surface area contributed by atoms with E-state index in [1.807, 2.05) is 71.0 Å². The Morgan fingerprint density at radius 1 is 1.06 bits per heavy atom. The lowest BCUT2D eigenvalue weighted by atomic mass is 9.61. The maximum Gasteiger partial charge on any atom is 0.318 e. The van der Waals surface area contributed by atoms with Crippen LogP contribution in [-0.2, 0) is 14.9 Å². The molecule has 0 aliphatic carbocycles. The lowest BCUT2D eigenvalue weighted by molar-refractivity contribution is -0.152. The van der Waals surface area contributed by atoms with Crippen LogP contribution >= 0.6 is 23.2 Å². The zero-order valence-electron chi connectivity index (χ0n) is 19.4. The Bertz CT molecular complexity index is 924. The molecule has 0 amide bonds. The van der Waals surface area contributed by atoms with Gasteiger partial charge in [-0.3, -0.25) is 4.79 Å². The Morgan fingerprint density at radius 2 is 1.69 bits per heavy atom. The first-order chi connectivity index (χ1) is 15.2. The van der Waals surface area contributed by atoms with Crippen LogP contribution in [0, 0.1) is 17.8 Å². The molecule has 32 heavy (non-hydrogen) atoms. The van der Waals surface area contributed by atoms with Crippen LogP contribution in [0.2, 0.25) is 0 Å². The maximum absolute atomic E-state index is 13.3. The summed E-state index contributed by atoms with van der Waals surface area (Å²) in [6.07, 6.45) is 1.70. The third-order valence-electron chi connectivity index (χ3n) is 5.49. The molecule has 0 fully saturated rings. The van der Waals surface area contributed by atoms with Gasteiger partial charge >= 0.3 is 5.97 Å². The topological polar surface area (TPSA) is 57.7 Å². The molecular weight excluding hydrogens is 449 g/mol. The number of allylic oxidation sites excluding steroid dienone is 1. The van der Waals surface area contributed by atoms with E-state index in [4.69, 9.17) is 42.4 Å². The zero-order chi connectivity index (χ0) is 23.9. The van der Waals surface area contributed by atoms with Crippen LogP contribution in [0.1, 0.15) is 40.3 Å². The molecule has 0 bridgehead atoms. The van der Waals surface area contributed by atoms with Crippen LogP contribution in [0.4, 0.5) is 0 Å². The summed E-state index contributed by atoms with van der Waals surface area (Å²) in [4.78, 5) is 18.1. The van der Waals surface area contributed by atoms with Crippen LogP contribution in [0.3, 0.4) is 0 Å². The molecule has 5 nitrogen and oxygen atoms in total. The lowest BCUT2D eigenvalue weighted by Gasteiger charge is -2.41. The van der Waals surface area contributed by atoms with E-state index in [2.05, 4.69) is 0 Å². The minimum atomic E-state index is -1.11. The van der Waals surface area contributed by atoms with E-state index in [9.17, 15) is 4.79 Å². The van der Waals surface area contributed by atoms with E-state index in [0.717, 1.165) is 5.75 Å². The Kier molecular flexibility index (Phi) is 9.41. The number of hydrogen-bond acceptors (Lipinski definition) is 5. The van der Waals surface area contributed by atoms with E-state index in [0.29, 0.717) is 23.9 Å². The van der Waals surface area contributed by atoms with Crippen LogP contribution < -0.4 is 9.47 Å². The fourth-order valence-corrected chi connectivity index (χ4v) is 4.35. The molecule has 2 aromatic rings. The Balaban J connectivity index is 2.57. The van der Waals surface area contributed by atoms with Gasteiger partial charge in [0.1, 0.15) is 21.4 Å². The summed E-state index contributed by atoms with van der Waals surface area (Å²) < 4.78 is 16.8. The van der Waals surface area contributed by atoms with Gasteiger partial charge in [-0.1, -0.05) is 57.0 Å². The normalized spacial score (nSPS) is 13.9. The average Bonchev–Trinajstić information content (AvgIpc) is 2.74. The molecule has 2 rings (SSSR count). The highest BCUT2D eigenvalue weighted by atomic mass is 35.5. The Hall–Kier alpha value is -2.24. The largest absolute Gasteiger partial charge is 0.494 e. The molecule has 0 aliphatic heterocycles. The van der Waals surface area contributed by atoms with Gasteiger partial charge in [0.05, 0.1) is 19.4 Å². The third kappa shape index (κ3) is 5.76. The van der Waals surface area contributed by atoms with Gasteiger partial charge in [-0.15, -0.1) is 0 Å². The number of methoxy groups -OCH3 is 1. The van der Waals surface area contributed by atoms with Gasteiger partial charge in [0.15, 0.2) is 0 Å². The van der Waals surface area contributed by atoms with E-state index in [1.54, 1.807) is 12.1 Å². The summed E-state index contributed by atoms with van der Waals surface area (Å²) in [5, 5.41) is 0. The molecule has 0 radical (unpaired) electrons. The summed E-state index contributed by atoms with van der Waals surface area (Å²) >= 11 is 12.1. The molecule has 0 saturated heterocycles. The number of nitrogens with zero attached hydrogens (tertiary/aromatic N) is 1. The summed E-state index contributed by atoms with van der Waals surface area (Å²) in [7, 11) is 1.38. The average molecular weight is 480 g/mol. The first kappa shape index (κ1) is 26.0. The molecule has 0 N–H and O–H groups in total. The van der Waals surface area contributed by atoms with Crippen LogP contribution in [-0.4, -0.2) is 24.7 Å². The third-order valence-corrected chi connectivity index (χ3v) is 5.74. The summed E-state index contributed by atoms with van der Waals surface area (Å²) in [5.74, 6) is 0.840. The second-order valence-electron chi connectivity index (χ2n) is 8.11. The van der Waals surface area contributed by atoms with Gasteiger partial charge in [0.2, 0.25) is 5.88 Å². The predicted molar refractivity (Wildman–Crippen MR) is 129 cm³/mol. The van der Waals surface area contributed by atoms with Gasteiger partial charge in [0.25, 0.3) is 0 Å². The van der Waals surface area contributed by atoms with Crippen molar-refractivity contribution in [3.8, 4) is 17.4 Å². The van der Waals surface area contributed by atoms with E-state index in [1.165, 1.54) is 7.11 Å². The first-order valence-electron chi connectivity index (χ1n) is 10.7. The molecule has 174 valence electrons. The lowest BCUT2D eigenvalue weighted by Crippen LogP contribution is -2.50. The van der Waals surface area contributed by atoms with Crippen LogP contribution in [0.15, 0.2) is 53.0 Å². The molecule has 1 aromatic heterocycles. The second kappa shape index (κ2) is 11.6. The number of benzene rings is 1. The zero-order valence-corrected chi connectivity index (χ0v) is 20.9. The Labute approximate surface area is 200 Å². The fraction of sp³-hybridized carbons (Fsp3) is 0.440. The quantitative estimate of drug-likeness (QED) is 0.345. The van der Waals surface area contributed by atoms with Gasteiger partial charge in [0, 0.05) is 12.0 Å². The maximum atomic E-state index is 13.3. The van der Waals surface area contributed by atoms with E-state index < -0.39 is 11.4 Å². The molecule has 0 saturated carbocycles. The number of rotatable bonds is 10. The van der Waals surface area contributed by atoms with Gasteiger partial charge < -0.3 is 14.2 Å². The van der Waals surface area contributed by atoms with Gasteiger partial charge in [-0.05, 0) is 55.2 Å². The minimum Gasteiger partial charge on any atom is -0.494 e. The van der Waals surface area contributed by atoms with Crippen LogP contribution in [0.5, 0.6) is 17.4 Å². The van der Waals surface area contributed by atoms with Gasteiger partial charge in [-0.25, -0.2) is 4.98 Å². The first-order valence-corrected chi connectivity index (χ1v) is 11.4. The summed E-state index contributed by atoms with van der Waals surface area (Å²) in [6, 6.07) is 12.7. The van der Waals surface area contributed by atoms with Crippen molar-refractivity contribution < 1.29 is 19.0 Å². The summed E-state index contributed by atoms with van der Waals surface area (Å²) in [6.45, 7) is 10.5. The van der Waals surface area contributed by atoms with Crippen molar-refractivity contribution in [2.75, 3.05) is 13.7 Å². The van der Waals surface area contributed by atoms with Crippen molar-refractivity contribution in [3.05, 3.63) is 58.7 Å². The van der Waals surface area contributed by atoms with E-state index >= 15 is 0 Å². The van der Waals surface area contributed by atoms with Crippen molar-refractivity contribution >= 4 is 29.2 Å². The number of hydrogen-bond donors (Lipinski definition) is 0. The highest BCUT2D eigenvalue weighted by molar-refractivity contribution is 6.55. The second-order valence-corrected chi connectivity index (χ2v) is 9.12. The highest BCUT2D eigenvalue weighted by Gasteiger charge is 2.52. The van der Waals surface area contributed by atoms with Crippen molar-refractivity contribution in [1.82, 2.24) is 4.98 Å². The summed E-state index contributed by atoms with van der Waals surface area (Å²) in [5.41, 5.74) is -0.580. The number of ether oxygens (including phenoxy) is 3. The van der Waals surface area contributed by atoms with Crippen molar-refractivity contribution in [2.24, 2.45) is 17.8 Å². The minimum absolute atomic E-state index is 0.0292. The monoisotopic (exact) mass is 479 g/mol. The standard InChI is InChI=1S/C25H31Cl2NO4/c1-7-31-18-11-13-19(14-12-18)32-23-10-8-9-21(28-23)25(17(4)5,24(29)30-6)20(16(2)3)15-22(26)27/h8-17,20H,7H2,1-6H3. The number of esters is 1. The van der Waals surface area contributed by atoms with Crippen LogP contribution in [0.25, 0.3) is 0 Å². The molecule has 0 aliphatic rings. The number of pyridine rings is 1. The molecule has 2 atom stereocenters. The Morgan fingerprint density at radius 3 is 2.19 bits per heavy atom. The molecule has 1 aromatic carbocycles. The van der Waals surface area contributed by atoms with Crippen molar-refractivity contribution in [2.45, 2.75) is 40.0 Å².